The number of imidazole rings is 1. The number of aromatic hydroxyl groups is 1. The average molecular weight is 1090 g/mol. The number of H-pyrrole nitrogens is 1. The minimum atomic E-state index is -1.72. The Kier molecular flexibility index (Phi) is 27.4. The highest BCUT2D eigenvalue weighted by Gasteiger charge is 2.34. The highest BCUT2D eigenvalue weighted by atomic mass is 32.1. The van der Waals surface area contributed by atoms with Gasteiger partial charge in [-0.2, -0.15) is 12.6 Å². The molecule has 12 amide bonds. The predicted octanol–water partition coefficient (Wildman–Crippen LogP) is -7.81. The Labute approximate surface area is 441 Å². The van der Waals surface area contributed by atoms with Crippen molar-refractivity contribution in [3.05, 3.63) is 48.0 Å². The molecule has 0 aliphatic heterocycles. The molecule has 22 N–H and O–H groups in total. The van der Waals surface area contributed by atoms with Crippen molar-refractivity contribution in [2.24, 2.45) is 34.6 Å². The van der Waals surface area contributed by atoms with E-state index in [2.05, 4.69) is 70.4 Å². The van der Waals surface area contributed by atoms with Crippen molar-refractivity contribution >= 4 is 83.5 Å². The molecule has 0 aliphatic rings. The molecule has 76 heavy (non-hydrogen) atoms. The van der Waals surface area contributed by atoms with Crippen LogP contribution in [0.2, 0.25) is 0 Å². The summed E-state index contributed by atoms with van der Waals surface area (Å²) in [6.07, 6.45) is 0.628. The molecule has 0 radical (unpaired) electrons. The molecule has 31 heteroatoms. The maximum atomic E-state index is 13.7. The lowest BCUT2D eigenvalue weighted by molar-refractivity contribution is -0.135. The Balaban J connectivity index is 2.17. The lowest BCUT2D eigenvalue weighted by Crippen LogP contribution is -2.61. The normalized spacial score (nSPS) is 14.5. The van der Waals surface area contributed by atoms with Crippen molar-refractivity contribution in [3.8, 4) is 5.75 Å². The number of nitrogens with two attached hydrogens (primary N) is 5. The number of carbonyl (C=O) groups is 12. The van der Waals surface area contributed by atoms with Gasteiger partial charge in [-0.15, -0.1) is 0 Å². The summed E-state index contributed by atoms with van der Waals surface area (Å²) in [5, 5.41) is 40.8. The zero-order valence-electron chi connectivity index (χ0n) is 42.1. The first-order chi connectivity index (χ1) is 35.8. The summed E-state index contributed by atoms with van der Waals surface area (Å²) in [6.45, 7) is 2.97. The fourth-order valence-corrected chi connectivity index (χ4v) is 7.17. The molecule has 2 rings (SSSR count). The van der Waals surface area contributed by atoms with Crippen LogP contribution in [0.15, 0.2) is 36.8 Å². The molecular weight excluding hydrogens is 1020 g/mol. The second-order valence-electron chi connectivity index (χ2n) is 17.8. The first-order valence-corrected chi connectivity index (χ1v) is 24.4. The lowest BCUT2D eigenvalue weighted by Gasteiger charge is -2.27. The van der Waals surface area contributed by atoms with Gasteiger partial charge in [0.05, 0.1) is 44.4 Å². The monoisotopic (exact) mass is 1090 g/mol. The maximum absolute atomic E-state index is 13.7. The third-order valence-electron chi connectivity index (χ3n) is 11.0. The van der Waals surface area contributed by atoms with Crippen molar-refractivity contribution < 1.29 is 67.7 Å². The smallest absolute Gasteiger partial charge is 0.244 e. The largest absolute Gasteiger partial charge is 0.508 e. The summed E-state index contributed by atoms with van der Waals surface area (Å²) in [5.74, 6) is -12.8. The minimum Gasteiger partial charge on any atom is -0.508 e. The number of phenolic OH excluding ortho intramolecular Hbond substituents is 1. The van der Waals surface area contributed by atoms with Crippen LogP contribution in [-0.4, -0.2) is 171 Å². The molecule has 8 unspecified atom stereocenters. The van der Waals surface area contributed by atoms with E-state index in [4.69, 9.17) is 28.7 Å². The van der Waals surface area contributed by atoms with E-state index >= 15 is 0 Å². The van der Waals surface area contributed by atoms with Crippen LogP contribution in [0.4, 0.5) is 0 Å². The van der Waals surface area contributed by atoms with Crippen LogP contribution in [-0.2, 0) is 70.4 Å². The Morgan fingerprint density at radius 3 is 1.63 bits per heavy atom. The number of amides is 12. The zero-order valence-corrected chi connectivity index (χ0v) is 43.0. The molecular formula is C45H70N16O14S. The van der Waals surface area contributed by atoms with E-state index in [1.165, 1.54) is 43.7 Å². The average Bonchev–Trinajstić information content (AvgIpc) is 3.87. The summed E-state index contributed by atoms with van der Waals surface area (Å²) in [6, 6.07) is -6.07. The van der Waals surface area contributed by atoms with Gasteiger partial charge in [-0.25, -0.2) is 4.98 Å². The van der Waals surface area contributed by atoms with Gasteiger partial charge in [-0.1, -0.05) is 32.4 Å². The number of nitrogens with zero attached hydrogens (tertiary/aromatic N) is 1. The number of hydrogen-bond donors (Lipinski definition) is 18. The summed E-state index contributed by atoms with van der Waals surface area (Å²) in [4.78, 5) is 162. The highest BCUT2D eigenvalue weighted by molar-refractivity contribution is 7.80. The van der Waals surface area contributed by atoms with Crippen LogP contribution in [0, 0.1) is 5.92 Å². The van der Waals surface area contributed by atoms with Gasteiger partial charge in [0, 0.05) is 30.5 Å². The molecule has 0 spiro atoms. The SMILES string of the molecule is CC(C)C(NC(=O)CNC(=O)C(CC(N)=O)NC(=O)CNC(=O)C(Cc1ccc(O)cc1)NC(=O)C(CC(N)=O)NC(=O)C(N)CCCCN)C(=O)NC(Cc1cnc[nH]1)C(=O)NC(CS)C(=O)NC(C(N)=O)[C@@H](C)O. The molecule has 2 aromatic rings. The van der Waals surface area contributed by atoms with Gasteiger partial charge in [-0.3, -0.25) is 57.5 Å². The van der Waals surface area contributed by atoms with Crippen LogP contribution < -0.4 is 76.5 Å². The van der Waals surface area contributed by atoms with Crippen LogP contribution in [0.5, 0.6) is 5.75 Å². The molecule has 30 nitrogen and oxygen atoms in total. The van der Waals surface area contributed by atoms with Crippen molar-refractivity contribution in [1.82, 2.24) is 57.8 Å². The van der Waals surface area contributed by atoms with E-state index in [-0.39, 0.29) is 30.8 Å². The predicted molar refractivity (Wildman–Crippen MR) is 272 cm³/mol. The summed E-state index contributed by atoms with van der Waals surface area (Å²) in [5.41, 5.74) is 28.2. The molecule has 0 aliphatic carbocycles. The minimum absolute atomic E-state index is 0.116. The van der Waals surface area contributed by atoms with Crippen molar-refractivity contribution in [3.63, 3.8) is 0 Å². The molecule has 420 valence electrons. The van der Waals surface area contributed by atoms with E-state index in [1.54, 1.807) is 13.8 Å². The Morgan fingerprint density at radius 2 is 1.12 bits per heavy atom. The number of aliphatic hydroxyl groups is 1. The number of unbranched alkanes of at least 4 members (excludes halogenated alkanes) is 1. The fourth-order valence-electron chi connectivity index (χ4n) is 6.91. The number of rotatable bonds is 34. The van der Waals surface area contributed by atoms with E-state index in [9.17, 15) is 67.7 Å². The molecule has 0 fully saturated rings. The quantitative estimate of drug-likeness (QED) is 0.0229. The molecule has 0 saturated heterocycles. The van der Waals surface area contributed by atoms with Crippen LogP contribution in [0.25, 0.3) is 0 Å². The van der Waals surface area contributed by atoms with Gasteiger partial charge in [-0.05, 0) is 49.9 Å². The molecule has 1 heterocycles. The maximum Gasteiger partial charge on any atom is 0.244 e. The molecule has 9 atom stereocenters. The molecule has 0 saturated carbocycles. The molecule has 1 aromatic carbocycles. The second kappa shape index (κ2) is 32.4. The number of carbonyl (C=O) groups excluding carboxylic acids is 12. The lowest BCUT2D eigenvalue weighted by atomic mass is 10.0. The molecule has 1 aromatic heterocycles. The van der Waals surface area contributed by atoms with Crippen molar-refractivity contribution in [2.45, 2.75) is 120 Å². The topological polar surface area (TPSA) is 512 Å². The second-order valence-corrected chi connectivity index (χ2v) is 18.1. The Morgan fingerprint density at radius 1 is 0.618 bits per heavy atom. The van der Waals surface area contributed by atoms with E-state index in [0.717, 1.165) is 0 Å². The van der Waals surface area contributed by atoms with Crippen molar-refractivity contribution in [2.75, 3.05) is 25.4 Å². The highest BCUT2D eigenvalue weighted by Crippen LogP contribution is 2.13. The van der Waals surface area contributed by atoms with E-state index in [1.807, 2.05) is 0 Å². The fraction of sp³-hybridized carbons (Fsp3) is 0.533. The number of aromatic nitrogens is 2. The van der Waals surface area contributed by atoms with Crippen LogP contribution in [0.1, 0.15) is 64.1 Å². The Bertz CT molecular complexity index is 2340. The van der Waals surface area contributed by atoms with Gasteiger partial charge >= 0.3 is 0 Å². The summed E-state index contributed by atoms with van der Waals surface area (Å²) < 4.78 is 0. The molecule has 0 bridgehead atoms. The first-order valence-electron chi connectivity index (χ1n) is 23.8. The third-order valence-corrected chi connectivity index (χ3v) is 11.4. The summed E-state index contributed by atoms with van der Waals surface area (Å²) >= 11 is 4.10. The number of benzene rings is 1. The van der Waals surface area contributed by atoms with Gasteiger partial charge in [0.25, 0.3) is 0 Å². The van der Waals surface area contributed by atoms with Crippen LogP contribution >= 0.6 is 12.6 Å². The number of nitrogens with one attached hydrogen (secondary N) is 10. The summed E-state index contributed by atoms with van der Waals surface area (Å²) in [7, 11) is 0. The number of hydrogen-bond acceptors (Lipinski definition) is 18. The number of aliphatic hydroxyl groups excluding tert-OH is 1. The first kappa shape index (κ1) is 64.2. The van der Waals surface area contributed by atoms with Crippen LogP contribution in [0.3, 0.4) is 0 Å². The number of thiol groups is 1. The van der Waals surface area contributed by atoms with E-state index in [0.29, 0.717) is 30.6 Å². The standard InChI is InChI=1S/C45H70N16O14S/c1-21(2)36(45(75)58-28(13-24-16-51-20-54-24)42(72)59-31(19-76)44(74)61-37(22(3)62)38(50)68)60-35(67)18-53-41(71)29(14-32(48)64)55-34(66)17-52-40(70)27(12-23-7-9-25(63)10-8-23)57-43(73)30(15-33(49)65)56-39(69)26(47)6-4-5-11-46/h7-10,16,20-22,26-31,36-37,62-63,76H,4-6,11-15,17-19,46-47H2,1-3H3,(H2,48,64)(H2,49,65)(H2,50,68)(H,51,54)(H,52,70)(H,53,71)(H,55,66)(H,56,69)(H,57,73)(H,58,75)(H,59,72)(H,60,67)(H,61,74)/t22-,26?,27?,28?,29?,30?,31?,36?,37?/m1/s1. The van der Waals surface area contributed by atoms with Gasteiger partial charge in [0.15, 0.2) is 0 Å². The number of aromatic amines is 1. The number of phenols is 1. The third kappa shape index (κ3) is 23.1. The van der Waals surface area contributed by atoms with Gasteiger partial charge < -0.3 is 91.7 Å². The number of primary amides is 3. The van der Waals surface area contributed by atoms with Gasteiger partial charge in [0.2, 0.25) is 70.9 Å². The van der Waals surface area contributed by atoms with E-state index < -0.39 is 157 Å². The van der Waals surface area contributed by atoms with Crippen molar-refractivity contribution in [1.29, 1.82) is 0 Å². The van der Waals surface area contributed by atoms with Gasteiger partial charge in [0.1, 0.15) is 48.0 Å². The Hall–Kier alpha value is -7.90. The zero-order chi connectivity index (χ0) is 57.2.